The third-order valence-corrected chi connectivity index (χ3v) is 1.50. The minimum Gasteiger partial charge on any atom is -0.339 e. The normalized spacial score (nSPS) is 11.0. The summed E-state index contributed by atoms with van der Waals surface area (Å²) in [7, 11) is 1.37. The van der Waals surface area contributed by atoms with Gasteiger partial charge in [-0.25, -0.2) is 8.78 Å². The molecule has 0 spiro atoms. The fourth-order valence-electron chi connectivity index (χ4n) is 0.735. The van der Waals surface area contributed by atoms with Gasteiger partial charge in [0.25, 0.3) is 6.43 Å². The van der Waals surface area contributed by atoms with E-state index in [4.69, 9.17) is 0 Å². The van der Waals surface area contributed by atoms with E-state index in [2.05, 4.69) is 5.32 Å². The number of rotatable bonds is 5. The van der Waals surface area contributed by atoms with Crippen LogP contribution >= 0.6 is 0 Å². The van der Waals surface area contributed by atoms with Gasteiger partial charge in [0.1, 0.15) is 0 Å². The zero-order valence-corrected chi connectivity index (χ0v) is 8.18. The van der Waals surface area contributed by atoms with Crippen molar-refractivity contribution in [3.8, 4) is 0 Å². The van der Waals surface area contributed by atoms with E-state index in [9.17, 15) is 13.6 Å². The summed E-state index contributed by atoms with van der Waals surface area (Å²) >= 11 is 0. The molecule has 5 heteroatoms. The van der Waals surface area contributed by atoms with Crippen molar-refractivity contribution in [2.24, 2.45) is 0 Å². The zero-order valence-electron chi connectivity index (χ0n) is 8.18. The van der Waals surface area contributed by atoms with Gasteiger partial charge in [-0.05, 0) is 0 Å². The lowest BCUT2D eigenvalue weighted by Gasteiger charge is -2.17. The Bertz CT molecular complexity index is 162. The van der Waals surface area contributed by atoms with Crippen LogP contribution in [0.1, 0.15) is 13.8 Å². The molecule has 0 radical (unpaired) electrons. The molecule has 0 aromatic rings. The molecule has 0 aromatic heterocycles. The Morgan fingerprint density at radius 3 is 2.38 bits per heavy atom. The van der Waals surface area contributed by atoms with Crippen LogP contribution in [0.2, 0.25) is 0 Å². The van der Waals surface area contributed by atoms with Crippen molar-refractivity contribution < 1.29 is 13.6 Å². The maximum Gasteiger partial charge on any atom is 0.255 e. The van der Waals surface area contributed by atoms with Gasteiger partial charge in [0.15, 0.2) is 0 Å². The minimum atomic E-state index is -2.46. The van der Waals surface area contributed by atoms with Crippen LogP contribution in [0.4, 0.5) is 8.78 Å². The Labute approximate surface area is 77.1 Å². The first-order valence-electron chi connectivity index (χ1n) is 4.19. The molecule has 0 saturated heterocycles. The van der Waals surface area contributed by atoms with Crippen LogP contribution < -0.4 is 5.32 Å². The van der Waals surface area contributed by atoms with Crippen LogP contribution in [-0.2, 0) is 4.79 Å². The van der Waals surface area contributed by atoms with Crippen molar-refractivity contribution in [3.05, 3.63) is 0 Å². The van der Waals surface area contributed by atoms with Crippen molar-refractivity contribution in [1.29, 1.82) is 0 Å². The molecule has 0 rings (SSSR count). The van der Waals surface area contributed by atoms with Crippen LogP contribution in [0.3, 0.4) is 0 Å². The lowest BCUT2D eigenvalue weighted by molar-refractivity contribution is -0.130. The van der Waals surface area contributed by atoms with Crippen molar-refractivity contribution in [2.75, 3.05) is 20.1 Å². The number of carbonyl (C=O) groups excluding carboxylic acids is 1. The Kier molecular flexibility index (Phi) is 5.53. The summed E-state index contributed by atoms with van der Waals surface area (Å²) in [4.78, 5) is 12.1. The van der Waals surface area contributed by atoms with Crippen LogP contribution in [0.15, 0.2) is 0 Å². The Morgan fingerprint density at radius 2 is 2.00 bits per heavy atom. The molecule has 1 amide bonds. The molecule has 0 fully saturated rings. The van der Waals surface area contributed by atoms with Crippen LogP contribution in [0.5, 0.6) is 0 Å². The van der Waals surface area contributed by atoms with Crippen LogP contribution in [-0.4, -0.2) is 43.4 Å². The predicted molar refractivity (Wildman–Crippen MR) is 46.8 cm³/mol. The van der Waals surface area contributed by atoms with E-state index >= 15 is 0 Å². The van der Waals surface area contributed by atoms with Gasteiger partial charge in [0.2, 0.25) is 5.91 Å². The Balaban J connectivity index is 3.69. The standard InChI is InChI=1S/C8H16F2N2O/c1-6(2)11-4-8(13)12(3)5-7(9)10/h6-7,11H,4-5H2,1-3H3. The van der Waals surface area contributed by atoms with Crippen LogP contribution in [0.25, 0.3) is 0 Å². The highest BCUT2D eigenvalue weighted by molar-refractivity contribution is 5.77. The molecule has 0 aliphatic heterocycles. The molecule has 0 atom stereocenters. The highest BCUT2D eigenvalue weighted by Crippen LogP contribution is 1.95. The molecule has 0 aliphatic carbocycles. The third kappa shape index (κ3) is 6.45. The van der Waals surface area contributed by atoms with E-state index < -0.39 is 13.0 Å². The second kappa shape index (κ2) is 5.85. The molecule has 0 unspecified atom stereocenters. The molecule has 0 heterocycles. The van der Waals surface area contributed by atoms with Gasteiger partial charge in [-0.1, -0.05) is 13.8 Å². The van der Waals surface area contributed by atoms with Gasteiger partial charge in [-0.3, -0.25) is 4.79 Å². The first-order valence-corrected chi connectivity index (χ1v) is 4.19. The molecule has 0 saturated carbocycles. The smallest absolute Gasteiger partial charge is 0.255 e. The maximum atomic E-state index is 11.8. The van der Waals surface area contributed by atoms with Gasteiger partial charge < -0.3 is 10.2 Å². The number of halogens is 2. The minimum absolute atomic E-state index is 0.112. The average molecular weight is 194 g/mol. The summed E-state index contributed by atoms with van der Waals surface area (Å²) in [6.07, 6.45) is -2.46. The first kappa shape index (κ1) is 12.3. The van der Waals surface area contributed by atoms with E-state index in [1.807, 2.05) is 13.8 Å². The monoisotopic (exact) mass is 194 g/mol. The number of likely N-dealkylation sites (N-methyl/N-ethyl adjacent to an activating group) is 1. The molecule has 78 valence electrons. The number of hydrogen-bond acceptors (Lipinski definition) is 2. The third-order valence-electron chi connectivity index (χ3n) is 1.50. The fraction of sp³-hybridized carbons (Fsp3) is 0.875. The number of nitrogens with zero attached hydrogens (tertiary/aromatic N) is 1. The molecule has 0 aromatic carbocycles. The van der Waals surface area contributed by atoms with E-state index in [1.165, 1.54) is 7.05 Å². The van der Waals surface area contributed by atoms with Crippen molar-refractivity contribution in [2.45, 2.75) is 26.3 Å². The van der Waals surface area contributed by atoms with E-state index in [0.717, 1.165) is 4.90 Å². The highest BCUT2D eigenvalue weighted by atomic mass is 19.3. The summed E-state index contributed by atoms with van der Waals surface area (Å²) in [6, 6.07) is 0.184. The molecule has 3 nitrogen and oxygen atoms in total. The number of hydrogen-bond donors (Lipinski definition) is 1. The van der Waals surface area contributed by atoms with Crippen molar-refractivity contribution in [1.82, 2.24) is 10.2 Å². The summed E-state index contributed by atoms with van der Waals surface area (Å²) < 4.78 is 23.7. The Morgan fingerprint density at radius 1 is 1.46 bits per heavy atom. The van der Waals surface area contributed by atoms with Crippen molar-refractivity contribution >= 4 is 5.91 Å². The van der Waals surface area contributed by atoms with E-state index in [1.54, 1.807) is 0 Å². The topological polar surface area (TPSA) is 32.3 Å². The van der Waals surface area contributed by atoms with Gasteiger partial charge in [0, 0.05) is 13.1 Å². The molecular weight excluding hydrogens is 178 g/mol. The zero-order chi connectivity index (χ0) is 10.4. The first-order chi connectivity index (χ1) is 5.93. The summed E-state index contributed by atoms with van der Waals surface area (Å²) in [6.45, 7) is 3.39. The largest absolute Gasteiger partial charge is 0.339 e. The average Bonchev–Trinajstić information content (AvgIpc) is 1.98. The molecule has 1 N–H and O–H groups in total. The van der Waals surface area contributed by atoms with E-state index in [0.29, 0.717) is 0 Å². The molecule has 13 heavy (non-hydrogen) atoms. The van der Waals surface area contributed by atoms with Crippen LogP contribution in [0, 0.1) is 0 Å². The fourth-order valence-corrected chi connectivity index (χ4v) is 0.735. The Hall–Kier alpha value is -0.710. The number of amides is 1. The number of nitrogens with one attached hydrogen (secondary N) is 1. The quantitative estimate of drug-likeness (QED) is 0.699. The SMILES string of the molecule is CC(C)NCC(=O)N(C)CC(F)F. The highest BCUT2D eigenvalue weighted by Gasteiger charge is 2.13. The second-order valence-corrected chi connectivity index (χ2v) is 3.20. The molecular formula is C8H16F2N2O. The van der Waals surface area contributed by atoms with Gasteiger partial charge in [-0.15, -0.1) is 0 Å². The second-order valence-electron chi connectivity index (χ2n) is 3.20. The van der Waals surface area contributed by atoms with Gasteiger partial charge >= 0.3 is 0 Å². The predicted octanol–water partition coefficient (Wildman–Crippen LogP) is 0.708. The van der Waals surface area contributed by atoms with E-state index in [-0.39, 0.29) is 18.5 Å². The summed E-state index contributed by atoms with van der Waals surface area (Å²) in [5.41, 5.74) is 0. The maximum absolute atomic E-state index is 11.8. The van der Waals surface area contributed by atoms with Crippen molar-refractivity contribution in [3.63, 3.8) is 0 Å². The lowest BCUT2D eigenvalue weighted by Crippen LogP contribution is -2.40. The summed E-state index contributed by atoms with van der Waals surface area (Å²) in [5, 5.41) is 2.86. The lowest BCUT2D eigenvalue weighted by atomic mass is 10.4. The van der Waals surface area contributed by atoms with Gasteiger partial charge in [0.05, 0.1) is 13.1 Å². The molecule has 0 bridgehead atoms. The number of carbonyl (C=O) groups is 1. The number of alkyl halides is 2. The summed E-state index contributed by atoms with van der Waals surface area (Å²) in [5.74, 6) is -0.311. The van der Waals surface area contributed by atoms with Gasteiger partial charge in [-0.2, -0.15) is 0 Å². The molecule has 0 aliphatic rings.